The third-order valence-corrected chi connectivity index (χ3v) is 3.83. The lowest BCUT2D eigenvalue weighted by Gasteiger charge is -2.21. The highest BCUT2D eigenvalue weighted by Crippen LogP contribution is 2.14. The molecule has 0 spiro atoms. The summed E-state index contributed by atoms with van der Waals surface area (Å²) >= 11 is 0. The summed E-state index contributed by atoms with van der Waals surface area (Å²) in [6.07, 6.45) is 0.890. The van der Waals surface area contributed by atoms with Crippen molar-refractivity contribution >= 4 is 11.7 Å². The number of carbonyl (C=O) groups excluding carboxylic acids is 2. The highest BCUT2D eigenvalue weighted by atomic mass is 16.5. The van der Waals surface area contributed by atoms with Gasteiger partial charge < -0.3 is 20.5 Å². The average Bonchev–Trinajstić information content (AvgIpc) is 2.98. The first-order chi connectivity index (χ1) is 10.5. The zero-order chi connectivity index (χ0) is 16.0. The lowest BCUT2D eigenvalue weighted by atomic mass is 10.0. The van der Waals surface area contributed by atoms with Crippen LogP contribution in [-0.4, -0.2) is 49.1 Å². The predicted molar refractivity (Wildman–Crippen MR) is 82.0 cm³/mol. The maximum absolute atomic E-state index is 12.0. The Morgan fingerprint density at radius 1 is 1.32 bits per heavy atom. The summed E-state index contributed by atoms with van der Waals surface area (Å²) in [5.41, 5.74) is -0.303. The Morgan fingerprint density at radius 3 is 2.64 bits per heavy atom. The van der Waals surface area contributed by atoms with Crippen LogP contribution in [0.25, 0.3) is 0 Å². The van der Waals surface area contributed by atoms with Gasteiger partial charge in [-0.05, 0) is 37.2 Å². The van der Waals surface area contributed by atoms with Crippen LogP contribution >= 0.6 is 0 Å². The summed E-state index contributed by atoms with van der Waals surface area (Å²) in [5.74, 6) is 0.383. The molecule has 1 amide bonds. The Morgan fingerprint density at radius 2 is 2.05 bits per heavy atom. The molecule has 0 saturated carbocycles. The van der Waals surface area contributed by atoms with Gasteiger partial charge in [-0.15, -0.1) is 0 Å². The first kappa shape index (κ1) is 16.5. The molecule has 1 aliphatic rings. The molecular formula is C16H22N2O4. The van der Waals surface area contributed by atoms with E-state index in [1.54, 1.807) is 31.4 Å². The van der Waals surface area contributed by atoms with Crippen molar-refractivity contribution < 1.29 is 19.4 Å². The summed E-state index contributed by atoms with van der Waals surface area (Å²) in [7, 11) is 1.56. The highest BCUT2D eigenvalue weighted by Gasteiger charge is 2.31. The standard InChI is InChI=1S/C16H22N2O4/c1-22-13-4-2-12(3-5-13)14(19)6-7-15(20)18-11-16(21)8-9-17-10-16/h2-5,17,21H,6-11H2,1H3,(H,18,20)/t16-/m0/s1. The fourth-order valence-corrected chi connectivity index (χ4v) is 2.38. The van der Waals surface area contributed by atoms with Crippen LogP contribution in [0, 0.1) is 0 Å². The van der Waals surface area contributed by atoms with E-state index in [2.05, 4.69) is 10.6 Å². The number of β-amino-alcohol motifs (C(OH)–C–C–N with tert-alkyl or cyclic N) is 1. The SMILES string of the molecule is COc1ccc(C(=O)CCC(=O)NC[C@]2(O)CCNC2)cc1. The molecular weight excluding hydrogens is 284 g/mol. The van der Waals surface area contributed by atoms with Gasteiger partial charge in [-0.3, -0.25) is 9.59 Å². The van der Waals surface area contributed by atoms with Crippen LogP contribution < -0.4 is 15.4 Å². The highest BCUT2D eigenvalue weighted by molar-refractivity contribution is 5.98. The zero-order valence-electron chi connectivity index (χ0n) is 12.7. The van der Waals surface area contributed by atoms with Crippen molar-refractivity contribution in [3.8, 4) is 5.75 Å². The molecule has 1 saturated heterocycles. The molecule has 1 fully saturated rings. The van der Waals surface area contributed by atoms with Gasteiger partial charge >= 0.3 is 0 Å². The van der Waals surface area contributed by atoms with Gasteiger partial charge in [0, 0.05) is 31.5 Å². The van der Waals surface area contributed by atoms with Gasteiger partial charge in [0.25, 0.3) is 0 Å². The maximum Gasteiger partial charge on any atom is 0.220 e. The Bertz CT molecular complexity index is 521. The lowest BCUT2D eigenvalue weighted by Crippen LogP contribution is -2.44. The lowest BCUT2D eigenvalue weighted by molar-refractivity contribution is -0.122. The second kappa shape index (κ2) is 7.38. The Kier molecular flexibility index (Phi) is 5.51. The van der Waals surface area contributed by atoms with Gasteiger partial charge in [0.15, 0.2) is 5.78 Å². The largest absolute Gasteiger partial charge is 0.497 e. The average molecular weight is 306 g/mol. The number of aliphatic hydroxyl groups is 1. The van der Waals surface area contributed by atoms with E-state index in [-0.39, 0.29) is 31.1 Å². The van der Waals surface area contributed by atoms with E-state index >= 15 is 0 Å². The van der Waals surface area contributed by atoms with Gasteiger partial charge in [-0.1, -0.05) is 0 Å². The third-order valence-electron chi connectivity index (χ3n) is 3.83. The van der Waals surface area contributed by atoms with E-state index in [0.717, 1.165) is 6.54 Å². The third kappa shape index (κ3) is 4.54. The van der Waals surface area contributed by atoms with Crippen LogP contribution in [-0.2, 0) is 4.79 Å². The van der Waals surface area contributed by atoms with Crippen molar-refractivity contribution in [3.05, 3.63) is 29.8 Å². The minimum Gasteiger partial charge on any atom is -0.497 e. The molecule has 1 aromatic rings. The number of ether oxygens (including phenoxy) is 1. The normalized spacial score (nSPS) is 20.6. The van der Waals surface area contributed by atoms with Crippen molar-refractivity contribution in [1.82, 2.24) is 10.6 Å². The van der Waals surface area contributed by atoms with Gasteiger partial charge in [0.1, 0.15) is 5.75 Å². The number of hydrogen-bond donors (Lipinski definition) is 3. The first-order valence-electron chi connectivity index (χ1n) is 7.39. The minimum absolute atomic E-state index is 0.0842. The molecule has 1 heterocycles. The van der Waals surface area contributed by atoms with Crippen molar-refractivity contribution in [2.75, 3.05) is 26.7 Å². The first-order valence-corrected chi connectivity index (χ1v) is 7.39. The molecule has 1 aromatic carbocycles. The van der Waals surface area contributed by atoms with Gasteiger partial charge in [0.05, 0.1) is 12.7 Å². The summed E-state index contributed by atoms with van der Waals surface area (Å²) in [6, 6.07) is 6.81. The molecule has 0 bridgehead atoms. The van der Waals surface area contributed by atoms with E-state index in [9.17, 15) is 14.7 Å². The van der Waals surface area contributed by atoms with Crippen LogP contribution in [0.5, 0.6) is 5.75 Å². The number of amides is 1. The second-order valence-corrected chi connectivity index (χ2v) is 5.58. The number of benzene rings is 1. The van der Waals surface area contributed by atoms with Crippen LogP contribution in [0.2, 0.25) is 0 Å². The molecule has 0 aliphatic carbocycles. The van der Waals surface area contributed by atoms with E-state index in [0.29, 0.717) is 24.3 Å². The van der Waals surface area contributed by atoms with Crippen molar-refractivity contribution in [3.63, 3.8) is 0 Å². The topological polar surface area (TPSA) is 87.7 Å². The number of nitrogens with one attached hydrogen (secondary N) is 2. The summed E-state index contributed by atoms with van der Waals surface area (Å²) in [4.78, 5) is 23.8. The quantitative estimate of drug-likeness (QED) is 0.639. The molecule has 0 radical (unpaired) electrons. The fraction of sp³-hybridized carbons (Fsp3) is 0.500. The van der Waals surface area contributed by atoms with E-state index in [4.69, 9.17) is 4.74 Å². The monoisotopic (exact) mass is 306 g/mol. The Hall–Kier alpha value is -1.92. The molecule has 120 valence electrons. The maximum atomic E-state index is 12.0. The smallest absolute Gasteiger partial charge is 0.220 e. The molecule has 1 aliphatic heterocycles. The minimum atomic E-state index is -0.865. The zero-order valence-corrected chi connectivity index (χ0v) is 12.7. The Labute approximate surface area is 129 Å². The number of Topliss-reactive ketones (excluding diaryl/α,β-unsaturated/α-hetero) is 1. The molecule has 2 rings (SSSR count). The van der Waals surface area contributed by atoms with Crippen molar-refractivity contribution in [2.45, 2.75) is 24.9 Å². The molecule has 6 nitrogen and oxygen atoms in total. The molecule has 0 aromatic heterocycles. The van der Waals surface area contributed by atoms with E-state index in [1.165, 1.54) is 0 Å². The van der Waals surface area contributed by atoms with Crippen LogP contribution in [0.3, 0.4) is 0 Å². The molecule has 0 unspecified atom stereocenters. The van der Waals surface area contributed by atoms with Crippen molar-refractivity contribution in [2.24, 2.45) is 0 Å². The summed E-state index contributed by atoms with van der Waals surface area (Å²) in [6.45, 7) is 1.45. The number of ketones is 1. The Balaban J connectivity index is 1.74. The second-order valence-electron chi connectivity index (χ2n) is 5.58. The number of rotatable bonds is 7. The molecule has 6 heteroatoms. The van der Waals surface area contributed by atoms with Crippen LogP contribution in [0.15, 0.2) is 24.3 Å². The van der Waals surface area contributed by atoms with E-state index < -0.39 is 5.60 Å². The molecule has 22 heavy (non-hydrogen) atoms. The number of carbonyl (C=O) groups is 2. The van der Waals surface area contributed by atoms with Crippen molar-refractivity contribution in [1.29, 1.82) is 0 Å². The fourth-order valence-electron chi connectivity index (χ4n) is 2.38. The van der Waals surface area contributed by atoms with Gasteiger partial charge in [-0.2, -0.15) is 0 Å². The summed E-state index contributed by atoms with van der Waals surface area (Å²) < 4.78 is 5.03. The molecule has 1 atom stereocenters. The van der Waals surface area contributed by atoms with Crippen LogP contribution in [0.1, 0.15) is 29.6 Å². The molecule has 3 N–H and O–H groups in total. The van der Waals surface area contributed by atoms with Gasteiger partial charge in [-0.25, -0.2) is 0 Å². The summed E-state index contributed by atoms with van der Waals surface area (Å²) in [5, 5.41) is 15.8. The van der Waals surface area contributed by atoms with E-state index in [1.807, 2.05) is 0 Å². The number of hydrogen-bond acceptors (Lipinski definition) is 5. The van der Waals surface area contributed by atoms with Gasteiger partial charge in [0.2, 0.25) is 5.91 Å². The number of methoxy groups -OCH3 is 1. The van der Waals surface area contributed by atoms with Crippen LogP contribution in [0.4, 0.5) is 0 Å². The predicted octanol–water partition coefficient (Wildman–Crippen LogP) is 0.499.